The quantitative estimate of drug-likeness (QED) is 0.555. The van der Waals surface area contributed by atoms with Crippen molar-refractivity contribution in [2.45, 2.75) is 59.0 Å². The largest absolute Gasteiger partial charge is 0.451 e. The minimum Gasteiger partial charge on any atom is -0.451 e. The fourth-order valence-corrected chi connectivity index (χ4v) is 6.55. The van der Waals surface area contributed by atoms with E-state index in [-0.39, 0.29) is 23.6 Å². The molecule has 1 aromatic carbocycles. The third-order valence-corrected chi connectivity index (χ3v) is 8.28. The molecule has 1 spiro atoms. The highest BCUT2D eigenvalue weighted by atomic mass is 19.1. The standard InChI is InChI=1S/C29H41FN6O2/c1-20(2)36(21(3)4)28(37)24-13-23(30)5-6-25(24)38-26-14-32-19-33-27(26)35-12-7-22(16-35)15-34-17-29(18-34)8-10-31-11-9-29/h5-6,13-14,19-22,31H,7-12,15-18H2,1-4H3/t22-/m0/s1. The molecule has 3 aliphatic rings. The van der Waals surface area contributed by atoms with Gasteiger partial charge in [-0.05, 0) is 89.6 Å². The minimum absolute atomic E-state index is 0.0353. The molecule has 3 aliphatic heterocycles. The first-order valence-electron chi connectivity index (χ1n) is 14.0. The van der Waals surface area contributed by atoms with E-state index in [9.17, 15) is 9.18 Å². The van der Waals surface area contributed by atoms with Crippen molar-refractivity contribution in [3.05, 3.63) is 42.1 Å². The lowest BCUT2D eigenvalue weighted by molar-refractivity contribution is -0.0298. The van der Waals surface area contributed by atoms with Crippen molar-refractivity contribution in [1.29, 1.82) is 0 Å². The van der Waals surface area contributed by atoms with Gasteiger partial charge in [-0.25, -0.2) is 14.4 Å². The molecular formula is C29H41FN6O2. The maximum Gasteiger partial charge on any atom is 0.258 e. The first-order valence-corrected chi connectivity index (χ1v) is 14.0. The van der Waals surface area contributed by atoms with Gasteiger partial charge in [-0.1, -0.05) is 0 Å². The van der Waals surface area contributed by atoms with E-state index >= 15 is 0 Å². The van der Waals surface area contributed by atoms with Gasteiger partial charge in [-0.15, -0.1) is 0 Å². The molecule has 2 aromatic rings. The van der Waals surface area contributed by atoms with Crippen LogP contribution in [0.1, 0.15) is 57.3 Å². The molecule has 5 rings (SSSR count). The molecule has 9 heteroatoms. The predicted molar refractivity (Wildman–Crippen MR) is 146 cm³/mol. The molecule has 8 nitrogen and oxygen atoms in total. The zero-order valence-corrected chi connectivity index (χ0v) is 23.1. The summed E-state index contributed by atoms with van der Waals surface area (Å²) in [5, 5.41) is 3.48. The molecule has 1 amide bonds. The third kappa shape index (κ3) is 5.64. The maximum absolute atomic E-state index is 14.3. The van der Waals surface area contributed by atoms with Crippen molar-refractivity contribution in [3.63, 3.8) is 0 Å². The molecule has 0 saturated carbocycles. The molecule has 38 heavy (non-hydrogen) atoms. The highest BCUT2D eigenvalue weighted by molar-refractivity contribution is 5.97. The van der Waals surface area contributed by atoms with Gasteiger partial charge in [-0.3, -0.25) is 4.79 Å². The van der Waals surface area contributed by atoms with Crippen LogP contribution in [0.5, 0.6) is 11.5 Å². The summed E-state index contributed by atoms with van der Waals surface area (Å²) < 4.78 is 20.5. The van der Waals surface area contributed by atoms with Crippen molar-refractivity contribution in [2.75, 3.05) is 50.7 Å². The molecule has 4 heterocycles. The van der Waals surface area contributed by atoms with E-state index in [1.807, 2.05) is 27.7 Å². The number of nitrogens with zero attached hydrogens (tertiary/aromatic N) is 5. The lowest BCUT2D eigenvalue weighted by Crippen LogP contribution is -2.60. The van der Waals surface area contributed by atoms with E-state index in [0.717, 1.165) is 39.1 Å². The van der Waals surface area contributed by atoms with Crippen molar-refractivity contribution >= 4 is 11.7 Å². The molecule has 3 fully saturated rings. The average Bonchev–Trinajstić information content (AvgIpc) is 3.33. The zero-order chi connectivity index (χ0) is 26.9. The Bertz CT molecular complexity index is 1120. The lowest BCUT2D eigenvalue weighted by atomic mass is 9.72. The Morgan fingerprint density at radius 3 is 2.63 bits per heavy atom. The number of piperidine rings is 1. The number of likely N-dealkylation sites (tertiary alicyclic amines) is 1. The first kappa shape index (κ1) is 26.8. The van der Waals surface area contributed by atoms with Crippen molar-refractivity contribution < 1.29 is 13.9 Å². The molecular weight excluding hydrogens is 483 g/mol. The van der Waals surface area contributed by atoms with Gasteiger partial charge in [0.15, 0.2) is 11.6 Å². The van der Waals surface area contributed by atoms with Crippen LogP contribution >= 0.6 is 0 Å². The van der Waals surface area contributed by atoms with E-state index < -0.39 is 5.82 Å². The van der Waals surface area contributed by atoms with Gasteiger partial charge < -0.3 is 24.8 Å². The Balaban J connectivity index is 1.28. The fraction of sp³-hybridized carbons (Fsp3) is 0.621. The normalized spacial score (nSPS) is 21.2. The lowest BCUT2D eigenvalue weighted by Gasteiger charge is -2.53. The molecule has 3 saturated heterocycles. The third-order valence-electron chi connectivity index (χ3n) is 8.28. The number of hydrogen-bond acceptors (Lipinski definition) is 7. The summed E-state index contributed by atoms with van der Waals surface area (Å²) in [6.45, 7) is 15.5. The fourth-order valence-electron chi connectivity index (χ4n) is 6.55. The number of amides is 1. The zero-order valence-electron chi connectivity index (χ0n) is 23.1. The van der Waals surface area contributed by atoms with Crippen LogP contribution in [0.4, 0.5) is 10.2 Å². The molecule has 1 aromatic heterocycles. The average molecular weight is 525 g/mol. The highest BCUT2D eigenvalue weighted by Gasteiger charge is 2.44. The summed E-state index contributed by atoms with van der Waals surface area (Å²) >= 11 is 0. The number of aromatic nitrogens is 2. The number of carbonyl (C=O) groups excluding carboxylic acids is 1. The van der Waals surface area contributed by atoms with Crippen LogP contribution in [-0.4, -0.2) is 83.6 Å². The van der Waals surface area contributed by atoms with Gasteiger partial charge >= 0.3 is 0 Å². The van der Waals surface area contributed by atoms with Crippen molar-refractivity contribution in [1.82, 2.24) is 25.1 Å². The van der Waals surface area contributed by atoms with E-state index in [2.05, 4.69) is 25.1 Å². The Morgan fingerprint density at radius 2 is 1.92 bits per heavy atom. The Kier molecular flexibility index (Phi) is 7.86. The summed E-state index contributed by atoms with van der Waals surface area (Å²) in [4.78, 5) is 28.8. The Labute approximate surface area is 225 Å². The Hall–Kier alpha value is -2.78. The van der Waals surface area contributed by atoms with Crippen LogP contribution in [0.15, 0.2) is 30.7 Å². The topological polar surface area (TPSA) is 73.8 Å². The molecule has 206 valence electrons. The monoisotopic (exact) mass is 524 g/mol. The van der Waals surface area contributed by atoms with Crippen LogP contribution in [-0.2, 0) is 0 Å². The number of nitrogens with one attached hydrogen (secondary N) is 1. The first-order chi connectivity index (χ1) is 18.2. The van der Waals surface area contributed by atoms with Crippen LogP contribution < -0.4 is 15.0 Å². The summed E-state index contributed by atoms with van der Waals surface area (Å²) in [7, 11) is 0. The van der Waals surface area contributed by atoms with Gasteiger partial charge in [0, 0.05) is 44.8 Å². The van der Waals surface area contributed by atoms with E-state index in [0.29, 0.717) is 28.6 Å². The highest BCUT2D eigenvalue weighted by Crippen LogP contribution is 2.40. The summed E-state index contributed by atoms with van der Waals surface area (Å²) in [6.07, 6.45) is 6.85. The van der Waals surface area contributed by atoms with Crippen LogP contribution in [0.25, 0.3) is 0 Å². The molecule has 1 N–H and O–H groups in total. The second-order valence-corrected chi connectivity index (χ2v) is 11.9. The maximum atomic E-state index is 14.3. The number of halogens is 1. The van der Waals surface area contributed by atoms with E-state index in [1.54, 1.807) is 11.1 Å². The number of benzene rings is 1. The van der Waals surface area contributed by atoms with E-state index in [4.69, 9.17) is 4.74 Å². The molecule has 0 radical (unpaired) electrons. The van der Waals surface area contributed by atoms with Crippen LogP contribution in [0.3, 0.4) is 0 Å². The van der Waals surface area contributed by atoms with E-state index in [1.165, 1.54) is 50.5 Å². The smallest absolute Gasteiger partial charge is 0.258 e. The molecule has 0 aliphatic carbocycles. The Morgan fingerprint density at radius 1 is 1.18 bits per heavy atom. The number of carbonyl (C=O) groups is 1. The second-order valence-electron chi connectivity index (χ2n) is 11.9. The number of anilines is 1. The number of hydrogen-bond donors (Lipinski definition) is 1. The minimum atomic E-state index is -0.475. The molecule has 1 atom stereocenters. The van der Waals surface area contributed by atoms with Crippen LogP contribution in [0.2, 0.25) is 0 Å². The van der Waals surface area contributed by atoms with Gasteiger partial charge in [0.25, 0.3) is 5.91 Å². The number of rotatable bonds is 8. The SMILES string of the molecule is CC(C)N(C(=O)c1cc(F)ccc1Oc1cncnc1N1CC[C@@H](CN2CC3(CCNCC3)C2)C1)C(C)C. The van der Waals surface area contributed by atoms with Gasteiger partial charge in [-0.2, -0.15) is 0 Å². The van der Waals surface area contributed by atoms with Crippen LogP contribution in [0, 0.1) is 17.2 Å². The van der Waals surface area contributed by atoms with Gasteiger partial charge in [0.2, 0.25) is 0 Å². The van der Waals surface area contributed by atoms with Crippen molar-refractivity contribution in [2.24, 2.45) is 11.3 Å². The van der Waals surface area contributed by atoms with Gasteiger partial charge in [0.1, 0.15) is 17.9 Å². The molecule has 0 unspecified atom stereocenters. The van der Waals surface area contributed by atoms with Gasteiger partial charge in [0.05, 0.1) is 11.8 Å². The molecule has 0 bridgehead atoms. The summed E-state index contributed by atoms with van der Waals surface area (Å²) in [6, 6.07) is 4.02. The summed E-state index contributed by atoms with van der Waals surface area (Å²) in [5.41, 5.74) is 0.744. The second kappa shape index (κ2) is 11.1. The van der Waals surface area contributed by atoms with Crippen molar-refractivity contribution in [3.8, 4) is 11.5 Å². The summed E-state index contributed by atoms with van der Waals surface area (Å²) in [5.74, 6) is 1.34. The predicted octanol–water partition coefficient (Wildman–Crippen LogP) is 4.18. The number of ether oxygens (including phenoxy) is 1.